The molecule has 218 valence electrons. The van der Waals surface area contributed by atoms with Gasteiger partial charge in [-0.2, -0.15) is 0 Å². The molecule has 0 N–H and O–H groups in total. The van der Waals surface area contributed by atoms with E-state index in [2.05, 4.69) is 140 Å². The zero-order valence-electron chi connectivity index (χ0n) is 26.0. The molecule has 0 spiro atoms. The number of hydrogen-bond donors (Lipinski definition) is 0. The van der Waals surface area contributed by atoms with Crippen molar-refractivity contribution in [2.45, 2.75) is 26.2 Å². The average molecular weight is 582 g/mol. The molecule has 0 amide bonds. The van der Waals surface area contributed by atoms with Crippen molar-refractivity contribution < 1.29 is 0 Å². The summed E-state index contributed by atoms with van der Waals surface area (Å²) in [6, 6.07) is 30.7. The highest BCUT2D eigenvalue weighted by molar-refractivity contribution is 6.27. The first-order valence-corrected chi connectivity index (χ1v) is 15.3. The van der Waals surface area contributed by atoms with Gasteiger partial charge >= 0.3 is 0 Å². The van der Waals surface area contributed by atoms with E-state index in [1.807, 2.05) is 36.5 Å². The molecule has 1 aliphatic rings. The molecule has 0 fully saturated rings. The highest BCUT2D eigenvalue weighted by atomic mass is 15.3. The summed E-state index contributed by atoms with van der Waals surface area (Å²) in [4.78, 5) is 11.3. The van der Waals surface area contributed by atoms with Crippen molar-refractivity contribution in [3.8, 4) is 11.1 Å². The molecule has 3 heteroatoms. The lowest BCUT2D eigenvalue weighted by atomic mass is 9.73. The summed E-state index contributed by atoms with van der Waals surface area (Å²) in [5, 5.41) is 7.55. The number of fused-ring (bicyclic) bond motifs is 1. The van der Waals surface area contributed by atoms with Crippen molar-refractivity contribution in [1.82, 2.24) is 4.98 Å². The van der Waals surface area contributed by atoms with Gasteiger partial charge in [0.05, 0.1) is 5.69 Å². The lowest BCUT2D eigenvalue weighted by Crippen LogP contribution is -2.33. The second-order valence-electron chi connectivity index (χ2n) is 12.0. The van der Waals surface area contributed by atoms with Crippen LogP contribution >= 0.6 is 0 Å². The Hall–Kier alpha value is -5.54. The average Bonchev–Trinajstić information content (AvgIpc) is 3.07. The highest BCUT2D eigenvalue weighted by Gasteiger charge is 2.38. The quantitative estimate of drug-likeness (QED) is 0.107. The van der Waals surface area contributed by atoms with Gasteiger partial charge in [-0.1, -0.05) is 118 Å². The normalized spacial score (nSPS) is 14.9. The van der Waals surface area contributed by atoms with Gasteiger partial charge in [0.2, 0.25) is 0 Å². The monoisotopic (exact) mass is 581 g/mol. The van der Waals surface area contributed by atoms with Crippen molar-refractivity contribution in [1.29, 1.82) is 0 Å². The Kier molecular flexibility index (Phi) is 6.82. The van der Waals surface area contributed by atoms with Crippen LogP contribution < -0.4 is 4.90 Å². The number of pyridine rings is 1. The molecular formula is C42H35N3. The van der Waals surface area contributed by atoms with E-state index in [9.17, 15) is 0 Å². The van der Waals surface area contributed by atoms with Crippen molar-refractivity contribution in [2.75, 3.05) is 4.90 Å². The minimum Gasteiger partial charge on any atom is -0.278 e. The molecule has 0 unspecified atom stereocenters. The maximum Gasteiger partial charge on any atom is 0.142 e. The van der Waals surface area contributed by atoms with E-state index in [-0.39, 0.29) is 5.41 Å². The van der Waals surface area contributed by atoms with E-state index in [0.717, 1.165) is 28.5 Å². The van der Waals surface area contributed by atoms with Gasteiger partial charge in [0.15, 0.2) is 0 Å². The lowest BCUT2D eigenvalue weighted by molar-refractivity contribution is 0.616. The second kappa shape index (κ2) is 10.9. The van der Waals surface area contributed by atoms with Gasteiger partial charge < -0.3 is 0 Å². The summed E-state index contributed by atoms with van der Waals surface area (Å²) in [5.74, 6) is 1.56. The smallest absolute Gasteiger partial charge is 0.142 e. The van der Waals surface area contributed by atoms with Crippen LogP contribution in [0.25, 0.3) is 49.0 Å². The molecule has 0 atom stereocenters. The van der Waals surface area contributed by atoms with Gasteiger partial charge in [-0.25, -0.2) is 9.98 Å². The Labute approximate surface area is 264 Å². The predicted octanol–water partition coefficient (Wildman–Crippen LogP) is 11.3. The molecular weight excluding hydrogens is 546 g/mol. The number of rotatable bonds is 7. The van der Waals surface area contributed by atoms with Gasteiger partial charge in [0, 0.05) is 17.2 Å². The van der Waals surface area contributed by atoms with Crippen LogP contribution in [0.15, 0.2) is 151 Å². The SMILES string of the molecule is C=C/C=C(\C=C/C)c1ccc2ccc3c(-c4ccc5c(c4)C(C)(C)C(C=C)=C(N=C)N5c4ccccn4)ccc4ccc1c2c43. The molecule has 1 aliphatic heterocycles. The number of anilines is 2. The van der Waals surface area contributed by atoms with Crippen LogP contribution in [0.1, 0.15) is 31.9 Å². The first-order chi connectivity index (χ1) is 21.9. The largest absolute Gasteiger partial charge is 0.278 e. The standard InChI is InChI=1S/C42H35N3/c1-7-12-27(13-8-2)31-20-15-28-18-23-34-32(21-16-29-17-22-33(31)39(28)40(29)34)30-19-24-37-36(26-30)42(4,5)35(9-3)41(43-6)45(37)38-14-10-11-25-44-38/h7-26H,1,3,6H2,2,4-5H3/b13-8-,27-12+. The van der Waals surface area contributed by atoms with E-state index < -0.39 is 0 Å². The predicted molar refractivity (Wildman–Crippen MR) is 195 cm³/mol. The number of benzene rings is 5. The van der Waals surface area contributed by atoms with Crippen LogP contribution in [0, 0.1) is 0 Å². The summed E-state index contributed by atoms with van der Waals surface area (Å²) < 4.78 is 0. The van der Waals surface area contributed by atoms with Crippen LogP contribution in [0.3, 0.4) is 0 Å². The Morgan fingerprint density at radius 2 is 1.60 bits per heavy atom. The molecule has 45 heavy (non-hydrogen) atoms. The minimum absolute atomic E-state index is 0.353. The first-order valence-electron chi connectivity index (χ1n) is 15.3. The van der Waals surface area contributed by atoms with Gasteiger partial charge in [-0.3, -0.25) is 4.90 Å². The van der Waals surface area contributed by atoms with Gasteiger partial charge in [0.1, 0.15) is 11.6 Å². The number of hydrogen-bond acceptors (Lipinski definition) is 3. The Balaban J connectivity index is 1.48. The molecule has 5 aromatic carbocycles. The van der Waals surface area contributed by atoms with Gasteiger partial charge in [-0.05, 0) is 98.1 Å². The van der Waals surface area contributed by atoms with Crippen molar-refractivity contribution in [2.24, 2.45) is 4.99 Å². The van der Waals surface area contributed by atoms with E-state index in [1.165, 1.54) is 54.6 Å². The summed E-state index contributed by atoms with van der Waals surface area (Å²) in [7, 11) is 0. The maximum atomic E-state index is 4.68. The number of aliphatic imine (C=N–C) groups is 1. The summed E-state index contributed by atoms with van der Waals surface area (Å²) in [5.41, 5.74) is 7.63. The topological polar surface area (TPSA) is 28.5 Å². The molecule has 0 bridgehead atoms. The third-order valence-corrected chi connectivity index (χ3v) is 9.20. The van der Waals surface area contributed by atoms with E-state index >= 15 is 0 Å². The van der Waals surface area contributed by atoms with Crippen molar-refractivity contribution >= 4 is 56.1 Å². The van der Waals surface area contributed by atoms with Crippen LogP contribution in [0.4, 0.5) is 11.5 Å². The van der Waals surface area contributed by atoms with Crippen LogP contribution in [0.2, 0.25) is 0 Å². The Morgan fingerprint density at radius 1 is 0.867 bits per heavy atom. The molecule has 0 aliphatic carbocycles. The van der Waals surface area contributed by atoms with Crippen molar-refractivity contribution in [3.63, 3.8) is 0 Å². The highest BCUT2D eigenvalue weighted by Crippen LogP contribution is 2.50. The molecule has 7 rings (SSSR count). The summed E-state index contributed by atoms with van der Waals surface area (Å²) in [6.45, 7) is 18.6. The zero-order valence-corrected chi connectivity index (χ0v) is 26.0. The van der Waals surface area contributed by atoms with Crippen LogP contribution in [0.5, 0.6) is 0 Å². The van der Waals surface area contributed by atoms with Gasteiger partial charge in [-0.15, -0.1) is 0 Å². The van der Waals surface area contributed by atoms with Crippen LogP contribution in [-0.4, -0.2) is 11.7 Å². The fourth-order valence-corrected chi connectivity index (χ4v) is 7.12. The minimum atomic E-state index is -0.353. The Bertz CT molecular complexity index is 2250. The molecule has 0 radical (unpaired) electrons. The lowest BCUT2D eigenvalue weighted by Gasteiger charge is -2.41. The second-order valence-corrected chi connectivity index (χ2v) is 12.0. The summed E-state index contributed by atoms with van der Waals surface area (Å²) in [6.07, 6.45) is 11.9. The third kappa shape index (κ3) is 4.27. The fourth-order valence-electron chi connectivity index (χ4n) is 7.12. The molecule has 1 aromatic heterocycles. The van der Waals surface area contributed by atoms with Gasteiger partial charge in [0.25, 0.3) is 0 Å². The van der Waals surface area contributed by atoms with E-state index in [1.54, 1.807) is 0 Å². The number of aromatic nitrogens is 1. The van der Waals surface area contributed by atoms with E-state index in [0.29, 0.717) is 0 Å². The Morgan fingerprint density at radius 3 is 2.29 bits per heavy atom. The molecule has 3 nitrogen and oxygen atoms in total. The van der Waals surface area contributed by atoms with Crippen molar-refractivity contribution in [3.05, 3.63) is 157 Å². The molecule has 0 saturated carbocycles. The fraction of sp³-hybridized carbons (Fsp3) is 0.0952. The third-order valence-electron chi connectivity index (χ3n) is 9.20. The molecule has 6 aromatic rings. The first kappa shape index (κ1) is 28.2. The number of nitrogens with zero attached hydrogens (tertiary/aromatic N) is 3. The summed E-state index contributed by atoms with van der Waals surface area (Å²) >= 11 is 0. The van der Waals surface area contributed by atoms with Crippen LogP contribution in [-0.2, 0) is 5.41 Å². The maximum absolute atomic E-state index is 4.68. The zero-order chi connectivity index (χ0) is 31.3. The number of allylic oxidation sites excluding steroid dienone is 7. The molecule has 0 saturated heterocycles. The molecule has 2 heterocycles. The van der Waals surface area contributed by atoms with E-state index in [4.69, 9.17) is 0 Å².